The van der Waals surface area contributed by atoms with Gasteiger partial charge >= 0.3 is 0 Å². The number of pyridine rings is 1. The maximum atomic E-state index is 12.4. The molecule has 0 fully saturated rings. The molecule has 3 aromatic rings. The molecule has 0 radical (unpaired) electrons. The van der Waals surface area contributed by atoms with Gasteiger partial charge in [-0.2, -0.15) is 0 Å². The number of hydrogen-bond acceptors (Lipinski definition) is 8. The average Bonchev–Trinajstić information content (AvgIpc) is 3.03. The smallest absolute Gasteiger partial charge is 0.223 e. The molecule has 1 aromatic heterocycles. The number of aliphatic hydroxyl groups excluding tert-OH is 2. The van der Waals surface area contributed by atoms with E-state index in [2.05, 4.69) is 24.3 Å². The van der Waals surface area contributed by atoms with Crippen LogP contribution in [0.4, 0.5) is 0 Å². The molecule has 0 saturated heterocycles. The van der Waals surface area contributed by atoms with E-state index >= 15 is 0 Å². The first-order chi connectivity index (χ1) is 16.6. The van der Waals surface area contributed by atoms with Crippen molar-refractivity contribution in [1.82, 2.24) is 9.58 Å². The van der Waals surface area contributed by atoms with Crippen LogP contribution in [0.5, 0.6) is 5.75 Å². The summed E-state index contributed by atoms with van der Waals surface area (Å²) in [4.78, 5) is 15.4. The van der Waals surface area contributed by atoms with Gasteiger partial charge < -0.3 is 20.1 Å². The summed E-state index contributed by atoms with van der Waals surface area (Å²) in [5.74, 6) is 0.406. The Morgan fingerprint density at radius 3 is 2.50 bits per heavy atom. The second-order valence-corrected chi connectivity index (χ2v) is 9.41. The summed E-state index contributed by atoms with van der Waals surface area (Å²) in [5, 5.41) is 32.9. The predicted octanol–water partition coefficient (Wildman–Crippen LogP) is 2.16. The molecule has 178 valence electrons. The zero-order valence-corrected chi connectivity index (χ0v) is 19.6. The highest BCUT2D eigenvalue weighted by molar-refractivity contribution is 7.98. The zero-order chi connectivity index (χ0) is 23.8. The summed E-state index contributed by atoms with van der Waals surface area (Å²) in [5.41, 5.74) is 3.16. The molecule has 0 saturated carbocycles. The molecule has 8 nitrogen and oxygen atoms in total. The van der Waals surface area contributed by atoms with E-state index in [4.69, 9.17) is 4.74 Å². The number of methoxy groups -OCH3 is 1. The summed E-state index contributed by atoms with van der Waals surface area (Å²) in [6, 6.07) is 16.9. The lowest BCUT2D eigenvalue weighted by Gasteiger charge is -2.49. The number of hydrogen-bond donors (Lipinski definition) is 3. The zero-order valence-electron chi connectivity index (χ0n) is 18.7. The molecule has 0 amide bonds. The van der Waals surface area contributed by atoms with Gasteiger partial charge in [-0.25, -0.2) is 4.90 Å². The summed E-state index contributed by atoms with van der Waals surface area (Å²) in [6.07, 6.45) is 0.816. The van der Waals surface area contributed by atoms with E-state index in [0.29, 0.717) is 0 Å². The van der Waals surface area contributed by atoms with Crippen molar-refractivity contribution >= 4 is 11.8 Å². The fourth-order valence-corrected chi connectivity index (χ4v) is 5.99. The van der Waals surface area contributed by atoms with Crippen LogP contribution in [0.1, 0.15) is 34.7 Å². The van der Waals surface area contributed by atoms with Crippen LogP contribution in [-0.4, -0.2) is 57.9 Å². The van der Waals surface area contributed by atoms with Gasteiger partial charge in [0.2, 0.25) is 5.43 Å². The molecule has 2 atom stereocenters. The lowest BCUT2D eigenvalue weighted by molar-refractivity contribution is -0.0999. The molecule has 0 bridgehead atoms. The van der Waals surface area contributed by atoms with Gasteiger partial charge in [-0.05, 0) is 22.8 Å². The van der Waals surface area contributed by atoms with Gasteiger partial charge in [0.05, 0.1) is 32.0 Å². The summed E-state index contributed by atoms with van der Waals surface area (Å²) >= 11 is 1.77. The van der Waals surface area contributed by atoms with Gasteiger partial charge in [-0.1, -0.05) is 42.5 Å². The number of aliphatic hydroxyl groups is 2. The first kappa shape index (κ1) is 22.9. The number of thioether (sulfide) groups is 1. The minimum absolute atomic E-state index is 0.249. The fraction of sp³-hybridized carbons (Fsp3) is 0.320. The molecule has 0 spiro atoms. The van der Waals surface area contributed by atoms with Gasteiger partial charge in [0.15, 0.2) is 12.0 Å². The van der Waals surface area contributed by atoms with Gasteiger partial charge in [0.25, 0.3) is 0 Å². The van der Waals surface area contributed by atoms with Crippen LogP contribution in [0.25, 0.3) is 0 Å². The first-order valence-electron chi connectivity index (χ1n) is 11.1. The summed E-state index contributed by atoms with van der Waals surface area (Å²) in [6.45, 7) is -0.344. The Bertz CT molecular complexity index is 1200. The van der Waals surface area contributed by atoms with Crippen molar-refractivity contribution in [2.24, 2.45) is 0 Å². The molecule has 2 unspecified atom stereocenters. The van der Waals surface area contributed by atoms with Crippen molar-refractivity contribution in [3.8, 4) is 5.75 Å². The Balaban J connectivity index is 1.77. The number of nitrogens with zero attached hydrogens (tertiary/aromatic N) is 3. The third-order valence-electron chi connectivity index (χ3n) is 6.57. The van der Waals surface area contributed by atoms with Crippen LogP contribution in [0.3, 0.4) is 0 Å². The van der Waals surface area contributed by atoms with Crippen LogP contribution < -0.4 is 10.4 Å². The molecular formula is C25H27N3O5S. The van der Waals surface area contributed by atoms with Gasteiger partial charge in [0.1, 0.15) is 5.69 Å². The second-order valence-electron chi connectivity index (χ2n) is 8.39. The minimum Gasteiger partial charge on any atom is -0.503 e. The Morgan fingerprint density at radius 1 is 1.06 bits per heavy atom. The maximum absolute atomic E-state index is 12.4. The highest BCUT2D eigenvalue weighted by Gasteiger charge is 2.41. The molecule has 34 heavy (non-hydrogen) atoms. The largest absolute Gasteiger partial charge is 0.503 e. The van der Waals surface area contributed by atoms with Crippen molar-refractivity contribution in [2.75, 3.05) is 32.0 Å². The van der Waals surface area contributed by atoms with Crippen LogP contribution in [0.15, 0.2) is 70.5 Å². The van der Waals surface area contributed by atoms with E-state index in [1.165, 1.54) is 18.7 Å². The molecule has 2 aromatic carbocycles. The predicted molar refractivity (Wildman–Crippen MR) is 129 cm³/mol. The van der Waals surface area contributed by atoms with Gasteiger partial charge in [-0.3, -0.25) is 14.5 Å². The van der Waals surface area contributed by atoms with E-state index in [9.17, 15) is 20.1 Å². The SMILES string of the molecule is COC1c2c(O)c(=O)ccn2N(C2c3ccccc3CSc3ccccc32)CN1C(CO)CO. The number of ether oxygens (including phenoxy) is 1. The quantitative estimate of drug-likeness (QED) is 0.510. The van der Waals surface area contributed by atoms with Crippen LogP contribution >= 0.6 is 11.8 Å². The number of benzene rings is 2. The Labute approximate surface area is 201 Å². The molecule has 2 aliphatic rings. The molecule has 0 aliphatic carbocycles. The van der Waals surface area contributed by atoms with Crippen molar-refractivity contribution in [1.29, 1.82) is 0 Å². The van der Waals surface area contributed by atoms with E-state index in [1.54, 1.807) is 27.5 Å². The fourth-order valence-electron chi connectivity index (χ4n) is 4.89. The lowest BCUT2D eigenvalue weighted by atomic mass is 9.94. The minimum atomic E-state index is -0.833. The van der Waals surface area contributed by atoms with Gasteiger partial charge in [0, 0.05) is 30.0 Å². The molecule has 3 N–H and O–H groups in total. The Kier molecular flexibility index (Phi) is 6.37. The highest BCUT2D eigenvalue weighted by atomic mass is 32.2. The first-order valence-corrected chi connectivity index (χ1v) is 12.1. The van der Waals surface area contributed by atoms with Crippen molar-refractivity contribution in [2.45, 2.75) is 29.0 Å². The number of fused-ring (bicyclic) bond motifs is 3. The Hall–Kier alpha value is -2.82. The topological polar surface area (TPSA) is 98.4 Å². The normalized spacial score (nSPS) is 19.9. The van der Waals surface area contributed by atoms with E-state index < -0.39 is 23.4 Å². The standard InChI is InChI=1S/C25H27N3O5S/c1-33-25-23-24(32)20(31)10-11-27(23)28(15-26(25)17(12-29)13-30)22-18-7-3-2-6-16(18)14-34-21-9-5-4-8-19(21)22/h2-11,17,22,25,29-30,32H,12-15H2,1H3. The number of aromatic nitrogens is 1. The third-order valence-corrected chi connectivity index (χ3v) is 7.71. The molecule has 2 aliphatic heterocycles. The number of aromatic hydroxyl groups is 1. The number of rotatable bonds is 5. The second kappa shape index (κ2) is 9.44. The van der Waals surface area contributed by atoms with Crippen LogP contribution in [-0.2, 0) is 10.5 Å². The van der Waals surface area contributed by atoms with E-state index in [0.717, 1.165) is 21.8 Å². The lowest BCUT2D eigenvalue weighted by Crippen LogP contribution is -2.58. The van der Waals surface area contributed by atoms with Crippen molar-refractivity contribution < 1.29 is 20.1 Å². The molecule has 5 rings (SSSR count). The van der Waals surface area contributed by atoms with E-state index in [1.807, 2.05) is 29.3 Å². The molecular weight excluding hydrogens is 454 g/mol. The average molecular weight is 482 g/mol. The van der Waals surface area contributed by atoms with Crippen molar-refractivity contribution in [3.05, 3.63) is 93.4 Å². The van der Waals surface area contributed by atoms with Crippen molar-refractivity contribution in [3.63, 3.8) is 0 Å². The summed E-state index contributed by atoms with van der Waals surface area (Å²) in [7, 11) is 1.48. The van der Waals surface area contributed by atoms with Crippen LogP contribution in [0.2, 0.25) is 0 Å². The van der Waals surface area contributed by atoms with Crippen LogP contribution in [0, 0.1) is 0 Å². The third kappa shape index (κ3) is 3.70. The summed E-state index contributed by atoms with van der Waals surface area (Å²) < 4.78 is 7.48. The Morgan fingerprint density at radius 2 is 1.76 bits per heavy atom. The molecule has 3 heterocycles. The molecule has 9 heteroatoms. The highest BCUT2D eigenvalue weighted by Crippen LogP contribution is 2.44. The van der Waals surface area contributed by atoms with E-state index in [-0.39, 0.29) is 31.6 Å². The maximum Gasteiger partial charge on any atom is 0.223 e. The monoisotopic (exact) mass is 481 g/mol. The van der Waals surface area contributed by atoms with Gasteiger partial charge in [-0.15, -0.1) is 11.8 Å².